The van der Waals surface area contributed by atoms with Crippen molar-refractivity contribution in [3.8, 4) is 0 Å². The maximum absolute atomic E-state index is 11.9. The van der Waals surface area contributed by atoms with Gasteiger partial charge in [0.25, 0.3) is 0 Å². The molecular formula is C13H15NO3. The highest BCUT2D eigenvalue weighted by Crippen LogP contribution is 2.26. The Bertz CT molecular complexity index is 430. The summed E-state index contributed by atoms with van der Waals surface area (Å²) < 4.78 is 0. The average Bonchev–Trinajstić information content (AvgIpc) is 2.59. The molecule has 17 heavy (non-hydrogen) atoms. The number of likely N-dealkylation sites (tertiary alicyclic amines) is 1. The molecule has 2 rings (SSSR count). The summed E-state index contributed by atoms with van der Waals surface area (Å²) in [5.41, 5.74) is 0.959. The Hall–Kier alpha value is -1.84. The van der Waals surface area contributed by atoms with Gasteiger partial charge in [0, 0.05) is 12.5 Å². The predicted octanol–water partition coefficient (Wildman–Crippen LogP) is 1.51. The zero-order chi connectivity index (χ0) is 12.4. The van der Waals surface area contributed by atoms with Gasteiger partial charge in [-0.2, -0.15) is 0 Å². The number of carboxylic acids is 1. The number of rotatable bonds is 3. The number of aliphatic carboxylic acids is 1. The summed E-state index contributed by atoms with van der Waals surface area (Å²) in [4.78, 5) is 24.4. The molecule has 1 aromatic rings. The maximum Gasteiger partial charge on any atom is 0.326 e. The number of hydrogen-bond donors (Lipinski definition) is 1. The highest BCUT2D eigenvalue weighted by molar-refractivity contribution is 5.88. The molecule has 1 aliphatic heterocycles. The summed E-state index contributed by atoms with van der Waals surface area (Å²) >= 11 is 0. The van der Waals surface area contributed by atoms with Crippen molar-refractivity contribution in [1.29, 1.82) is 0 Å². The lowest BCUT2D eigenvalue weighted by atomic mass is 10.1. The van der Waals surface area contributed by atoms with E-state index < -0.39 is 12.0 Å². The average molecular weight is 233 g/mol. The molecule has 1 fully saturated rings. The molecule has 0 aliphatic carbocycles. The van der Waals surface area contributed by atoms with E-state index in [1.807, 2.05) is 30.3 Å². The van der Waals surface area contributed by atoms with Crippen LogP contribution in [0.4, 0.5) is 0 Å². The van der Waals surface area contributed by atoms with Gasteiger partial charge in [0.1, 0.15) is 6.04 Å². The van der Waals surface area contributed by atoms with Crippen LogP contribution in [0.1, 0.15) is 18.9 Å². The monoisotopic (exact) mass is 233 g/mol. The minimum absolute atomic E-state index is 0.0683. The maximum atomic E-state index is 11.9. The van der Waals surface area contributed by atoms with Gasteiger partial charge in [0.2, 0.25) is 5.91 Å². The van der Waals surface area contributed by atoms with E-state index in [0.717, 1.165) is 5.56 Å². The van der Waals surface area contributed by atoms with Gasteiger partial charge in [-0.25, -0.2) is 4.79 Å². The Morgan fingerprint density at radius 1 is 1.41 bits per heavy atom. The first-order valence-corrected chi connectivity index (χ1v) is 5.67. The number of carbonyl (C=O) groups excluding carboxylic acids is 1. The minimum atomic E-state index is -0.918. The second-order valence-electron chi connectivity index (χ2n) is 4.44. The Balaban J connectivity index is 2.18. The molecule has 1 saturated heterocycles. The van der Waals surface area contributed by atoms with Crippen LogP contribution in [0.15, 0.2) is 30.3 Å². The summed E-state index contributed by atoms with van der Waals surface area (Å²) in [6.07, 6.45) is 0.404. The molecule has 0 radical (unpaired) electrons. The highest BCUT2D eigenvalue weighted by atomic mass is 16.4. The fraction of sp³-hybridized carbons (Fsp3) is 0.385. The van der Waals surface area contributed by atoms with Crippen molar-refractivity contribution in [1.82, 2.24) is 4.90 Å². The lowest BCUT2D eigenvalue weighted by molar-refractivity contribution is -0.146. The number of nitrogens with zero attached hydrogens (tertiary/aromatic N) is 1. The van der Waals surface area contributed by atoms with Crippen LogP contribution in [0.2, 0.25) is 0 Å². The molecule has 1 aromatic carbocycles. The van der Waals surface area contributed by atoms with Gasteiger partial charge < -0.3 is 10.0 Å². The van der Waals surface area contributed by atoms with Crippen molar-refractivity contribution in [2.24, 2.45) is 5.92 Å². The summed E-state index contributed by atoms with van der Waals surface area (Å²) in [7, 11) is 0. The van der Waals surface area contributed by atoms with Gasteiger partial charge in [0.15, 0.2) is 0 Å². The minimum Gasteiger partial charge on any atom is -0.480 e. The molecular weight excluding hydrogens is 218 g/mol. The lowest BCUT2D eigenvalue weighted by Crippen LogP contribution is -2.38. The summed E-state index contributed by atoms with van der Waals surface area (Å²) in [5.74, 6) is -1.18. The molecule has 1 aliphatic rings. The van der Waals surface area contributed by atoms with E-state index in [1.165, 1.54) is 4.90 Å². The topological polar surface area (TPSA) is 57.6 Å². The highest BCUT2D eigenvalue weighted by Gasteiger charge is 2.40. The Morgan fingerprint density at radius 2 is 2.06 bits per heavy atom. The van der Waals surface area contributed by atoms with Crippen molar-refractivity contribution in [2.75, 3.05) is 0 Å². The molecule has 0 bridgehead atoms. The molecule has 1 heterocycles. The van der Waals surface area contributed by atoms with E-state index in [9.17, 15) is 9.59 Å². The SMILES string of the molecule is CC1CC(C(=O)O)N(Cc2ccccc2)C1=O. The fourth-order valence-electron chi connectivity index (χ4n) is 2.20. The van der Waals surface area contributed by atoms with Gasteiger partial charge in [-0.3, -0.25) is 4.79 Å². The first-order valence-electron chi connectivity index (χ1n) is 5.67. The first-order chi connectivity index (χ1) is 8.09. The predicted molar refractivity (Wildman–Crippen MR) is 62.2 cm³/mol. The van der Waals surface area contributed by atoms with Crippen LogP contribution < -0.4 is 0 Å². The third-order valence-electron chi connectivity index (χ3n) is 3.14. The smallest absolute Gasteiger partial charge is 0.326 e. The van der Waals surface area contributed by atoms with Crippen LogP contribution in [0.25, 0.3) is 0 Å². The van der Waals surface area contributed by atoms with Crippen LogP contribution in [-0.4, -0.2) is 27.9 Å². The molecule has 4 heteroatoms. The number of amides is 1. The van der Waals surface area contributed by atoms with E-state index in [2.05, 4.69) is 0 Å². The lowest BCUT2D eigenvalue weighted by Gasteiger charge is -2.21. The van der Waals surface area contributed by atoms with Gasteiger partial charge >= 0.3 is 5.97 Å². The van der Waals surface area contributed by atoms with Crippen molar-refractivity contribution in [3.05, 3.63) is 35.9 Å². The van der Waals surface area contributed by atoms with Gasteiger partial charge in [-0.05, 0) is 12.0 Å². The molecule has 4 nitrogen and oxygen atoms in total. The molecule has 1 N–H and O–H groups in total. The third-order valence-corrected chi connectivity index (χ3v) is 3.14. The second kappa shape index (κ2) is 4.57. The standard InChI is InChI=1S/C13H15NO3/c1-9-7-11(13(16)17)14(12(9)15)8-10-5-3-2-4-6-10/h2-6,9,11H,7-8H2,1H3,(H,16,17). The van der Waals surface area contributed by atoms with E-state index in [0.29, 0.717) is 13.0 Å². The largest absolute Gasteiger partial charge is 0.480 e. The molecule has 0 aromatic heterocycles. The number of benzene rings is 1. The zero-order valence-electron chi connectivity index (χ0n) is 9.67. The quantitative estimate of drug-likeness (QED) is 0.860. The van der Waals surface area contributed by atoms with Gasteiger partial charge in [0.05, 0.1) is 0 Å². The third kappa shape index (κ3) is 2.30. The molecule has 0 saturated carbocycles. The van der Waals surface area contributed by atoms with Crippen molar-refractivity contribution < 1.29 is 14.7 Å². The Morgan fingerprint density at radius 3 is 2.65 bits per heavy atom. The van der Waals surface area contributed by atoms with E-state index in [4.69, 9.17) is 5.11 Å². The van der Waals surface area contributed by atoms with E-state index in [1.54, 1.807) is 6.92 Å². The number of hydrogen-bond acceptors (Lipinski definition) is 2. The van der Waals surface area contributed by atoms with Gasteiger partial charge in [-0.1, -0.05) is 37.3 Å². The molecule has 2 atom stereocenters. The van der Waals surface area contributed by atoms with E-state index >= 15 is 0 Å². The van der Waals surface area contributed by atoms with E-state index in [-0.39, 0.29) is 11.8 Å². The van der Waals surface area contributed by atoms with Crippen molar-refractivity contribution in [3.63, 3.8) is 0 Å². The Kier molecular flexibility index (Phi) is 3.13. The molecule has 0 spiro atoms. The van der Waals surface area contributed by atoms with Crippen LogP contribution in [0.3, 0.4) is 0 Å². The van der Waals surface area contributed by atoms with Crippen LogP contribution in [0.5, 0.6) is 0 Å². The van der Waals surface area contributed by atoms with Crippen molar-refractivity contribution >= 4 is 11.9 Å². The van der Waals surface area contributed by atoms with Crippen LogP contribution in [-0.2, 0) is 16.1 Å². The van der Waals surface area contributed by atoms with Gasteiger partial charge in [-0.15, -0.1) is 0 Å². The molecule has 1 amide bonds. The van der Waals surface area contributed by atoms with Crippen LogP contribution in [0, 0.1) is 5.92 Å². The summed E-state index contributed by atoms with van der Waals surface area (Å²) in [6, 6.07) is 8.78. The van der Waals surface area contributed by atoms with Crippen LogP contribution >= 0.6 is 0 Å². The second-order valence-corrected chi connectivity index (χ2v) is 4.44. The zero-order valence-corrected chi connectivity index (χ0v) is 9.67. The fourth-order valence-corrected chi connectivity index (χ4v) is 2.20. The summed E-state index contributed by atoms with van der Waals surface area (Å²) in [6.45, 7) is 2.16. The van der Waals surface area contributed by atoms with Crippen molar-refractivity contribution in [2.45, 2.75) is 25.9 Å². The summed E-state index contributed by atoms with van der Waals surface area (Å²) in [5, 5.41) is 9.10. The molecule has 2 unspecified atom stereocenters. The number of carbonyl (C=O) groups is 2. The normalized spacial score (nSPS) is 24.1. The Labute approximate surface area is 99.9 Å². The molecule has 90 valence electrons. The number of carboxylic acid groups (broad SMARTS) is 1. The first kappa shape index (κ1) is 11.6.